The summed E-state index contributed by atoms with van der Waals surface area (Å²) < 4.78 is 0. The Morgan fingerprint density at radius 2 is 1.74 bits per heavy atom. The lowest BCUT2D eigenvalue weighted by atomic mass is 10.1. The molecule has 0 atom stereocenters. The van der Waals surface area contributed by atoms with Crippen LogP contribution in [0.5, 0.6) is 0 Å². The molecule has 0 aliphatic carbocycles. The van der Waals surface area contributed by atoms with E-state index in [1.165, 1.54) is 5.56 Å². The Morgan fingerprint density at radius 3 is 2.42 bits per heavy atom. The van der Waals surface area contributed by atoms with Crippen molar-refractivity contribution in [3.05, 3.63) is 42.2 Å². The van der Waals surface area contributed by atoms with E-state index in [0.717, 1.165) is 43.3 Å². The van der Waals surface area contributed by atoms with Crippen LogP contribution in [-0.2, 0) is 0 Å². The highest BCUT2D eigenvalue weighted by Crippen LogP contribution is 2.20. The van der Waals surface area contributed by atoms with E-state index >= 15 is 0 Å². The summed E-state index contributed by atoms with van der Waals surface area (Å²) in [6.07, 6.45) is 3.86. The monoisotopic (exact) mass is 254 g/mol. The Labute approximate surface area is 113 Å². The van der Waals surface area contributed by atoms with Gasteiger partial charge in [-0.2, -0.15) is 0 Å². The van der Waals surface area contributed by atoms with Crippen LogP contribution in [0.1, 0.15) is 5.56 Å². The zero-order valence-corrected chi connectivity index (χ0v) is 11.1. The van der Waals surface area contributed by atoms with Gasteiger partial charge in [-0.25, -0.2) is 9.97 Å². The minimum atomic E-state index is 0.803. The Morgan fingerprint density at radius 1 is 1.05 bits per heavy atom. The highest BCUT2D eigenvalue weighted by molar-refractivity contribution is 5.60. The van der Waals surface area contributed by atoms with Crippen LogP contribution in [0.3, 0.4) is 0 Å². The number of hydrogen-bond donors (Lipinski definition) is 1. The summed E-state index contributed by atoms with van der Waals surface area (Å²) in [7, 11) is 0. The van der Waals surface area contributed by atoms with Gasteiger partial charge in [0.1, 0.15) is 0 Å². The zero-order chi connectivity index (χ0) is 13.1. The summed E-state index contributed by atoms with van der Waals surface area (Å²) in [5.74, 6) is 0.803. The van der Waals surface area contributed by atoms with Crippen molar-refractivity contribution in [3.63, 3.8) is 0 Å². The first-order valence-corrected chi connectivity index (χ1v) is 6.68. The van der Waals surface area contributed by atoms with Gasteiger partial charge in [-0.1, -0.05) is 24.3 Å². The third kappa shape index (κ3) is 2.58. The number of nitrogens with one attached hydrogen (secondary N) is 1. The van der Waals surface area contributed by atoms with Crippen LogP contribution >= 0.6 is 0 Å². The maximum Gasteiger partial charge on any atom is 0.159 e. The lowest BCUT2D eigenvalue weighted by Gasteiger charge is -2.28. The molecule has 2 aromatic rings. The molecule has 1 saturated heterocycles. The van der Waals surface area contributed by atoms with Gasteiger partial charge in [-0.3, -0.25) is 0 Å². The third-order valence-corrected chi connectivity index (χ3v) is 3.51. The van der Waals surface area contributed by atoms with E-state index in [9.17, 15) is 0 Å². The number of aryl methyl sites for hydroxylation is 1. The molecule has 3 rings (SSSR count). The molecule has 1 aliphatic rings. The lowest BCUT2D eigenvalue weighted by Crippen LogP contribution is -2.43. The van der Waals surface area contributed by atoms with E-state index in [1.807, 2.05) is 24.5 Å². The Bertz CT molecular complexity index is 544. The van der Waals surface area contributed by atoms with Crippen LogP contribution in [0.4, 0.5) is 5.69 Å². The van der Waals surface area contributed by atoms with E-state index < -0.39 is 0 Å². The molecule has 0 radical (unpaired) electrons. The molecule has 1 N–H and O–H groups in total. The predicted molar refractivity (Wildman–Crippen MR) is 77.3 cm³/mol. The van der Waals surface area contributed by atoms with Gasteiger partial charge in [0.05, 0.1) is 18.1 Å². The van der Waals surface area contributed by atoms with Gasteiger partial charge in [0.15, 0.2) is 5.82 Å². The molecule has 0 amide bonds. The summed E-state index contributed by atoms with van der Waals surface area (Å²) in [5, 5.41) is 3.35. The van der Waals surface area contributed by atoms with Gasteiger partial charge < -0.3 is 10.2 Å². The molecule has 4 nitrogen and oxygen atoms in total. The predicted octanol–water partition coefficient (Wildman–Crippen LogP) is 1.86. The molecule has 2 heterocycles. The minimum absolute atomic E-state index is 0.803. The smallest absolute Gasteiger partial charge is 0.159 e. The van der Waals surface area contributed by atoms with Crippen molar-refractivity contribution in [3.8, 4) is 11.4 Å². The molecule has 19 heavy (non-hydrogen) atoms. The molecule has 0 bridgehead atoms. The number of anilines is 1. The fourth-order valence-corrected chi connectivity index (χ4v) is 2.37. The molecule has 0 saturated carbocycles. The molecular formula is C15H18N4. The van der Waals surface area contributed by atoms with E-state index in [2.05, 4.69) is 39.2 Å². The van der Waals surface area contributed by atoms with Gasteiger partial charge in [-0.15, -0.1) is 0 Å². The van der Waals surface area contributed by atoms with E-state index in [1.54, 1.807) is 0 Å². The fraction of sp³-hybridized carbons (Fsp3) is 0.333. The molecule has 1 aromatic carbocycles. The van der Waals surface area contributed by atoms with Gasteiger partial charge in [-0.05, 0) is 12.5 Å². The number of nitrogens with zero attached hydrogens (tertiary/aromatic N) is 3. The second kappa shape index (κ2) is 5.36. The first-order valence-electron chi connectivity index (χ1n) is 6.68. The molecule has 4 heteroatoms. The summed E-state index contributed by atoms with van der Waals surface area (Å²) >= 11 is 0. The molecule has 0 unspecified atom stereocenters. The molecular weight excluding hydrogens is 236 g/mol. The first kappa shape index (κ1) is 12.1. The van der Waals surface area contributed by atoms with Crippen molar-refractivity contribution in [1.82, 2.24) is 15.3 Å². The quantitative estimate of drug-likeness (QED) is 0.888. The van der Waals surface area contributed by atoms with E-state index in [-0.39, 0.29) is 0 Å². The van der Waals surface area contributed by atoms with Gasteiger partial charge in [0.2, 0.25) is 0 Å². The van der Waals surface area contributed by atoms with Crippen LogP contribution in [0.15, 0.2) is 36.7 Å². The summed E-state index contributed by atoms with van der Waals surface area (Å²) in [4.78, 5) is 11.3. The van der Waals surface area contributed by atoms with Gasteiger partial charge in [0, 0.05) is 31.7 Å². The van der Waals surface area contributed by atoms with Crippen LogP contribution in [0.25, 0.3) is 11.4 Å². The van der Waals surface area contributed by atoms with E-state index in [4.69, 9.17) is 0 Å². The highest BCUT2D eigenvalue weighted by Gasteiger charge is 2.11. The van der Waals surface area contributed by atoms with Gasteiger partial charge >= 0.3 is 0 Å². The first-order chi connectivity index (χ1) is 9.34. The normalized spacial score (nSPS) is 15.5. The fourth-order valence-electron chi connectivity index (χ4n) is 2.37. The summed E-state index contributed by atoms with van der Waals surface area (Å²) in [6.45, 7) is 6.18. The molecule has 0 spiro atoms. The maximum absolute atomic E-state index is 4.51. The maximum atomic E-state index is 4.51. The number of piperazine rings is 1. The molecule has 1 fully saturated rings. The standard InChI is InChI=1S/C15H18N4/c1-12-4-2-3-5-14(12)15-17-10-13(11-18-15)19-8-6-16-7-9-19/h2-5,10-11,16H,6-9H2,1H3. The number of benzene rings is 1. The van der Waals surface area contributed by atoms with Crippen LogP contribution in [0, 0.1) is 6.92 Å². The van der Waals surface area contributed by atoms with Crippen LogP contribution in [-0.4, -0.2) is 36.1 Å². The Hall–Kier alpha value is -1.94. The highest BCUT2D eigenvalue weighted by atomic mass is 15.2. The largest absolute Gasteiger partial charge is 0.366 e. The number of aromatic nitrogens is 2. The van der Waals surface area contributed by atoms with Crippen molar-refractivity contribution >= 4 is 5.69 Å². The Kier molecular flexibility index (Phi) is 3.42. The molecule has 1 aromatic heterocycles. The van der Waals surface area contributed by atoms with Crippen LogP contribution < -0.4 is 10.2 Å². The number of hydrogen-bond acceptors (Lipinski definition) is 4. The summed E-state index contributed by atoms with van der Waals surface area (Å²) in [5.41, 5.74) is 3.42. The lowest BCUT2D eigenvalue weighted by molar-refractivity contribution is 0.588. The molecule has 98 valence electrons. The van der Waals surface area contributed by atoms with Crippen molar-refractivity contribution in [2.45, 2.75) is 6.92 Å². The van der Waals surface area contributed by atoms with Gasteiger partial charge in [0.25, 0.3) is 0 Å². The Balaban J connectivity index is 1.84. The van der Waals surface area contributed by atoms with Crippen molar-refractivity contribution in [2.75, 3.05) is 31.1 Å². The summed E-state index contributed by atoms with van der Waals surface area (Å²) in [6, 6.07) is 8.21. The van der Waals surface area contributed by atoms with Crippen molar-refractivity contribution in [1.29, 1.82) is 0 Å². The second-order valence-electron chi connectivity index (χ2n) is 4.82. The third-order valence-electron chi connectivity index (χ3n) is 3.51. The van der Waals surface area contributed by atoms with Crippen molar-refractivity contribution in [2.24, 2.45) is 0 Å². The van der Waals surface area contributed by atoms with Crippen molar-refractivity contribution < 1.29 is 0 Å². The minimum Gasteiger partial charge on any atom is -0.366 e. The number of rotatable bonds is 2. The zero-order valence-electron chi connectivity index (χ0n) is 11.1. The topological polar surface area (TPSA) is 41.1 Å². The molecule has 1 aliphatic heterocycles. The van der Waals surface area contributed by atoms with E-state index in [0.29, 0.717) is 0 Å². The van der Waals surface area contributed by atoms with Crippen LogP contribution in [0.2, 0.25) is 0 Å². The average Bonchev–Trinajstić information content (AvgIpc) is 2.49. The SMILES string of the molecule is Cc1ccccc1-c1ncc(N2CCNCC2)cn1. The average molecular weight is 254 g/mol. The second-order valence-corrected chi connectivity index (χ2v) is 4.82.